The van der Waals surface area contributed by atoms with Gasteiger partial charge in [0.2, 0.25) is 0 Å². The van der Waals surface area contributed by atoms with Crippen molar-refractivity contribution in [1.29, 1.82) is 0 Å². The number of carbonyl (C=O) groups is 1. The van der Waals surface area contributed by atoms with Crippen molar-refractivity contribution in [3.8, 4) is 0 Å². The van der Waals surface area contributed by atoms with Crippen LogP contribution in [-0.2, 0) is 11.2 Å². The maximum atomic E-state index is 12.2. The molecular weight excluding hydrogens is 318 g/mol. The average molecular weight is 343 g/mol. The highest BCUT2D eigenvalue weighted by atomic mass is 16.5. The maximum Gasteiger partial charge on any atom is 0.351 e. The molecule has 0 N–H and O–H groups in total. The fourth-order valence-corrected chi connectivity index (χ4v) is 2.73. The first kappa shape index (κ1) is 18.9. The number of nitrogens with zero attached hydrogens (tertiary/aromatic N) is 1. The third-order valence-electron chi connectivity index (χ3n) is 4.17. The summed E-state index contributed by atoms with van der Waals surface area (Å²) in [6.45, 7) is 11.0. The zero-order chi connectivity index (χ0) is 18.2. The fourth-order valence-electron chi connectivity index (χ4n) is 2.73. The van der Waals surface area contributed by atoms with Crippen molar-refractivity contribution in [2.75, 3.05) is 26.2 Å². The second kappa shape index (κ2) is 9.18. The lowest BCUT2D eigenvalue weighted by molar-refractivity contribution is 0.0485. The van der Waals surface area contributed by atoms with Gasteiger partial charge in [0.15, 0.2) is 0 Å². The topological polar surface area (TPSA) is 59.8 Å². The molecule has 0 amide bonds. The largest absolute Gasteiger partial charge is 0.462 e. The highest BCUT2D eigenvalue weighted by molar-refractivity contribution is 5.93. The highest BCUT2D eigenvalue weighted by Crippen LogP contribution is 2.19. The van der Waals surface area contributed by atoms with Crippen molar-refractivity contribution >= 4 is 16.9 Å². The van der Waals surface area contributed by atoms with Crippen molar-refractivity contribution in [1.82, 2.24) is 4.90 Å². The van der Waals surface area contributed by atoms with Crippen LogP contribution < -0.4 is 5.63 Å². The van der Waals surface area contributed by atoms with Crippen molar-refractivity contribution in [3.63, 3.8) is 0 Å². The number of ether oxygens (including phenoxy) is 1. The number of hydrogen-bond donors (Lipinski definition) is 0. The molecule has 5 nitrogen and oxygen atoms in total. The number of para-hydroxylation sites is 1. The molecule has 0 aliphatic rings. The van der Waals surface area contributed by atoms with Crippen molar-refractivity contribution in [3.05, 3.63) is 58.5 Å². The summed E-state index contributed by atoms with van der Waals surface area (Å²) >= 11 is 0. The molecule has 0 bridgehead atoms. The number of benzene rings is 1. The zero-order valence-corrected chi connectivity index (χ0v) is 14.9. The number of carbonyl (C=O) groups excluding carboxylic acids is 1. The van der Waals surface area contributed by atoms with Crippen LogP contribution in [0.1, 0.15) is 36.2 Å². The summed E-state index contributed by atoms with van der Waals surface area (Å²) in [6, 6.07) is 7.08. The molecule has 0 unspecified atom stereocenters. The maximum absolute atomic E-state index is 12.2. The van der Waals surface area contributed by atoms with Gasteiger partial charge in [0.1, 0.15) is 11.1 Å². The van der Waals surface area contributed by atoms with Crippen LogP contribution in [0.3, 0.4) is 0 Å². The van der Waals surface area contributed by atoms with Gasteiger partial charge in [-0.1, -0.05) is 38.1 Å². The zero-order valence-electron chi connectivity index (χ0n) is 14.9. The molecule has 5 heteroatoms. The third-order valence-corrected chi connectivity index (χ3v) is 4.17. The molecule has 0 spiro atoms. The summed E-state index contributed by atoms with van der Waals surface area (Å²) in [5.41, 5.74) is 0.623. The molecule has 0 saturated heterocycles. The van der Waals surface area contributed by atoms with E-state index in [9.17, 15) is 9.59 Å². The number of hydrogen-bond acceptors (Lipinski definition) is 5. The van der Waals surface area contributed by atoms with Gasteiger partial charge < -0.3 is 14.1 Å². The normalized spacial score (nSPS) is 11.0. The summed E-state index contributed by atoms with van der Waals surface area (Å²) in [6.07, 6.45) is 3.07. The quantitative estimate of drug-likeness (QED) is 0.302. The van der Waals surface area contributed by atoms with Crippen LogP contribution in [0.2, 0.25) is 0 Å². The lowest BCUT2D eigenvalue weighted by Crippen LogP contribution is -2.25. The number of allylic oxidation sites excluding steroid dienone is 1. The van der Waals surface area contributed by atoms with Gasteiger partial charge in [-0.3, -0.25) is 0 Å². The van der Waals surface area contributed by atoms with E-state index in [1.807, 2.05) is 18.2 Å². The SMILES string of the molecule is C=CCc1cccc2cc(C(=O)OCCCN(CC)CC)c(=O)oc12. The van der Waals surface area contributed by atoms with Crippen LogP contribution in [0.25, 0.3) is 11.0 Å². The highest BCUT2D eigenvalue weighted by Gasteiger charge is 2.16. The Labute approximate surface area is 147 Å². The Hall–Kier alpha value is -2.40. The standard InChI is InChI=1S/C20H25NO4/c1-4-9-15-10-7-11-16-14-17(20(23)25-18(15)16)19(22)24-13-8-12-21(5-2)6-3/h4,7,10-11,14H,1,5-6,8-9,12-13H2,2-3H3. The van der Waals surface area contributed by atoms with Gasteiger partial charge in [-0.05, 0) is 37.6 Å². The van der Waals surface area contributed by atoms with Crippen molar-refractivity contribution < 1.29 is 13.9 Å². The minimum absolute atomic E-state index is 0.0638. The first-order valence-corrected chi connectivity index (χ1v) is 8.66. The third kappa shape index (κ3) is 4.79. The molecule has 0 radical (unpaired) electrons. The van der Waals surface area contributed by atoms with E-state index in [0.29, 0.717) is 17.4 Å². The lowest BCUT2D eigenvalue weighted by Gasteiger charge is -2.17. The first-order chi connectivity index (χ1) is 12.1. The molecule has 2 aromatic rings. The first-order valence-electron chi connectivity index (χ1n) is 8.66. The minimum atomic E-state index is -0.669. The number of fused-ring (bicyclic) bond motifs is 1. The summed E-state index contributed by atoms with van der Waals surface area (Å²) in [5, 5.41) is 0.703. The van der Waals surface area contributed by atoms with Gasteiger partial charge >= 0.3 is 11.6 Å². The van der Waals surface area contributed by atoms with Gasteiger partial charge in [0.25, 0.3) is 0 Å². The number of esters is 1. The fraction of sp³-hybridized carbons (Fsp3) is 0.400. The van der Waals surface area contributed by atoms with Gasteiger partial charge in [0.05, 0.1) is 6.61 Å². The van der Waals surface area contributed by atoms with Crippen LogP contribution in [-0.4, -0.2) is 37.1 Å². The number of rotatable bonds is 9. The Bertz CT molecular complexity index is 790. The molecule has 0 saturated carbocycles. The van der Waals surface area contributed by atoms with Gasteiger partial charge in [-0.25, -0.2) is 9.59 Å². The van der Waals surface area contributed by atoms with E-state index >= 15 is 0 Å². The smallest absolute Gasteiger partial charge is 0.351 e. The molecule has 0 fully saturated rings. The van der Waals surface area contributed by atoms with E-state index in [-0.39, 0.29) is 12.2 Å². The van der Waals surface area contributed by atoms with Crippen LogP contribution in [0, 0.1) is 0 Å². The molecule has 1 aromatic carbocycles. The predicted molar refractivity (Wildman–Crippen MR) is 99.1 cm³/mol. The molecule has 0 atom stereocenters. The predicted octanol–water partition coefficient (Wildman–Crippen LogP) is 3.41. The van der Waals surface area contributed by atoms with Crippen LogP contribution in [0.5, 0.6) is 0 Å². The summed E-state index contributed by atoms with van der Waals surface area (Å²) in [5.74, 6) is -0.635. The molecule has 25 heavy (non-hydrogen) atoms. The Kier molecular flexibility index (Phi) is 6.95. The van der Waals surface area contributed by atoms with E-state index in [0.717, 1.165) is 31.6 Å². The van der Waals surface area contributed by atoms with Crippen LogP contribution in [0.4, 0.5) is 0 Å². The van der Waals surface area contributed by atoms with Crippen LogP contribution in [0.15, 0.2) is 46.1 Å². The van der Waals surface area contributed by atoms with Gasteiger partial charge in [-0.2, -0.15) is 0 Å². The molecule has 1 heterocycles. The summed E-state index contributed by atoms with van der Waals surface area (Å²) < 4.78 is 10.6. The van der Waals surface area contributed by atoms with E-state index in [4.69, 9.17) is 9.15 Å². The van der Waals surface area contributed by atoms with E-state index < -0.39 is 11.6 Å². The van der Waals surface area contributed by atoms with Crippen molar-refractivity contribution in [2.24, 2.45) is 0 Å². The Morgan fingerprint density at radius 2 is 2.08 bits per heavy atom. The Balaban J connectivity index is 2.10. The molecular formula is C20H25NO4. The Morgan fingerprint density at radius 3 is 2.76 bits per heavy atom. The molecule has 0 aliphatic carbocycles. The van der Waals surface area contributed by atoms with Gasteiger partial charge in [0, 0.05) is 11.9 Å². The van der Waals surface area contributed by atoms with Crippen LogP contribution >= 0.6 is 0 Å². The molecule has 1 aromatic heterocycles. The second-order valence-electron chi connectivity index (χ2n) is 5.79. The molecule has 134 valence electrons. The average Bonchev–Trinajstić information content (AvgIpc) is 2.62. The van der Waals surface area contributed by atoms with E-state index in [2.05, 4.69) is 25.3 Å². The molecule has 0 aliphatic heterocycles. The minimum Gasteiger partial charge on any atom is -0.462 e. The van der Waals surface area contributed by atoms with E-state index in [1.54, 1.807) is 12.1 Å². The van der Waals surface area contributed by atoms with E-state index in [1.165, 1.54) is 0 Å². The molecule has 2 rings (SSSR count). The summed E-state index contributed by atoms with van der Waals surface area (Å²) in [7, 11) is 0. The monoisotopic (exact) mass is 343 g/mol. The van der Waals surface area contributed by atoms with Gasteiger partial charge in [-0.15, -0.1) is 6.58 Å². The Morgan fingerprint density at radius 1 is 1.32 bits per heavy atom. The summed E-state index contributed by atoms with van der Waals surface area (Å²) in [4.78, 5) is 26.6. The van der Waals surface area contributed by atoms with Crippen molar-refractivity contribution in [2.45, 2.75) is 26.7 Å². The lowest BCUT2D eigenvalue weighted by atomic mass is 10.1. The second-order valence-corrected chi connectivity index (χ2v) is 5.79.